The van der Waals surface area contributed by atoms with Crippen LogP contribution in [0, 0.1) is 0 Å². The van der Waals surface area contributed by atoms with E-state index in [1.807, 2.05) is 30.3 Å². The number of hydrogen-bond acceptors (Lipinski definition) is 2. The van der Waals surface area contributed by atoms with Crippen LogP contribution >= 0.6 is 50.9 Å². The Bertz CT molecular complexity index is 575. The molecule has 0 saturated heterocycles. The highest BCUT2D eigenvalue weighted by molar-refractivity contribution is 9.10. The number of halogens is 3. The van der Waals surface area contributed by atoms with Crippen molar-refractivity contribution in [1.29, 1.82) is 0 Å². The molecule has 0 spiro atoms. The van der Waals surface area contributed by atoms with Gasteiger partial charge in [-0.15, -0.1) is 0 Å². The fraction of sp³-hybridized carbons (Fsp3) is 0.0769. The van der Waals surface area contributed by atoms with Crippen LogP contribution in [0.2, 0.25) is 10.0 Å². The Labute approximate surface area is 129 Å². The summed E-state index contributed by atoms with van der Waals surface area (Å²) in [6.45, 7) is 0.538. The Balaban J connectivity index is 2.25. The minimum Gasteiger partial charge on any atom is -0.326 e. The van der Waals surface area contributed by atoms with Gasteiger partial charge in [0.2, 0.25) is 0 Å². The molecule has 0 aliphatic heterocycles. The van der Waals surface area contributed by atoms with Gasteiger partial charge in [0.1, 0.15) is 0 Å². The highest BCUT2D eigenvalue weighted by Crippen LogP contribution is 2.36. The molecule has 2 aromatic carbocycles. The summed E-state index contributed by atoms with van der Waals surface area (Å²) in [5.74, 6) is 0. The van der Waals surface area contributed by atoms with Crippen LogP contribution in [-0.2, 0) is 6.54 Å². The van der Waals surface area contributed by atoms with E-state index in [1.54, 1.807) is 17.8 Å². The van der Waals surface area contributed by atoms with E-state index in [-0.39, 0.29) is 0 Å². The van der Waals surface area contributed by atoms with Crippen molar-refractivity contribution in [2.75, 3.05) is 0 Å². The Kier molecular flexibility index (Phi) is 4.98. The minimum atomic E-state index is 0.538. The maximum absolute atomic E-state index is 5.99. The van der Waals surface area contributed by atoms with E-state index in [0.717, 1.165) is 19.8 Å². The van der Waals surface area contributed by atoms with Gasteiger partial charge in [-0.2, -0.15) is 0 Å². The zero-order valence-corrected chi connectivity index (χ0v) is 13.2. The highest BCUT2D eigenvalue weighted by Gasteiger charge is 2.05. The van der Waals surface area contributed by atoms with E-state index >= 15 is 0 Å². The van der Waals surface area contributed by atoms with Gasteiger partial charge in [-0.05, 0) is 51.8 Å². The molecule has 0 unspecified atom stereocenters. The fourth-order valence-electron chi connectivity index (χ4n) is 1.42. The maximum atomic E-state index is 5.99. The van der Waals surface area contributed by atoms with Gasteiger partial charge >= 0.3 is 0 Å². The highest BCUT2D eigenvalue weighted by atomic mass is 79.9. The van der Waals surface area contributed by atoms with Crippen molar-refractivity contribution in [1.82, 2.24) is 0 Å². The van der Waals surface area contributed by atoms with Crippen LogP contribution in [-0.4, -0.2) is 0 Å². The SMILES string of the molecule is NCc1ccc(Sc2ccc(Cl)c(Cl)c2)c(Br)c1. The van der Waals surface area contributed by atoms with Crippen molar-refractivity contribution in [2.45, 2.75) is 16.3 Å². The van der Waals surface area contributed by atoms with Crippen LogP contribution in [0.4, 0.5) is 0 Å². The zero-order chi connectivity index (χ0) is 13.1. The molecule has 18 heavy (non-hydrogen) atoms. The van der Waals surface area contributed by atoms with Crippen LogP contribution < -0.4 is 5.73 Å². The number of nitrogens with two attached hydrogens (primary N) is 1. The average molecular weight is 363 g/mol. The molecule has 0 saturated carbocycles. The summed E-state index contributed by atoms with van der Waals surface area (Å²) in [4.78, 5) is 2.16. The summed E-state index contributed by atoms with van der Waals surface area (Å²) in [6, 6.07) is 11.7. The van der Waals surface area contributed by atoms with Crippen LogP contribution in [0.5, 0.6) is 0 Å². The van der Waals surface area contributed by atoms with Crippen molar-refractivity contribution in [3.8, 4) is 0 Å². The molecular weight excluding hydrogens is 353 g/mol. The maximum Gasteiger partial charge on any atom is 0.0603 e. The van der Waals surface area contributed by atoms with E-state index in [9.17, 15) is 0 Å². The number of rotatable bonds is 3. The second kappa shape index (κ2) is 6.31. The second-order valence-corrected chi connectivity index (χ2v) is 6.43. The van der Waals surface area contributed by atoms with Gasteiger partial charge in [0.05, 0.1) is 10.0 Å². The van der Waals surface area contributed by atoms with E-state index in [0.29, 0.717) is 16.6 Å². The third-order valence-corrected chi connectivity index (χ3v) is 5.07. The van der Waals surface area contributed by atoms with E-state index in [1.165, 1.54) is 0 Å². The molecule has 0 radical (unpaired) electrons. The lowest BCUT2D eigenvalue weighted by Gasteiger charge is -2.07. The first kappa shape index (κ1) is 14.2. The molecule has 2 N–H and O–H groups in total. The van der Waals surface area contributed by atoms with Gasteiger partial charge < -0.3 is 5.73 Å². The normalized spacial score (nSPS) is 10.7. The van der Waals surface area contributed by atoms with Gasteiger partial charge in [-0.3, -0.25) is 0 Å². The molecule has 0 bridgehead atoms. The first-order chi connectivity index (χ1) is 8.60. The summed E-state index contributed by atoms with van der Waals surface area (Å²) in [5.41, 5.74) is 6.70. The van der Waals surface area contributed by atoms with Gasteiger partial charge in [0.15, 0.2) is 0 Å². The third kappa shape index (κ3) is 3.43. The molecule has 5 heteroatoms. The smallest absolute Gasteiger partial charge is 0.0603 e. The van der Waals surface area contributed by atoms with Crippen LogP contribution in [0.3, 0.4) is 0 Å². The Morgan fingerprint density at radius 1 is 1.06 bits per heavy atom. The Hall–Kier alpha value is -0.190. The van der Waals surface area contributed by atoms with Crippen molar-refractivity contribution >= 4 is 50.9 Å². The lowest BCUT2D eigenvalue weighted by atomic mass is 10.2. The van der Waals surface area contributed by atoms with E-state index in [4.69, 9.17) is 28.9 Å². The predicted octanol–water partition coefficient (Wildman–Crippen LogP) is 5.37. The monoisotopic (exact) mass is 361 g/mol. The summed E-state index contributed by atoms with van der Waals surface area (Å²) < 4.78 is 1.03. The molecule has 0 amide bonds. The first-order valence-corrected chi connectivity index (χ1v) is 7.58. The summed E-state index contributed by atoms with van der Waals surface area (Å²) >= 11 is 17.1. The van der Waals surface area contributed by atoms with Gasteiger partial charge in [0.25, 0.3) is 0 Å². The molecule has 0 atom stereocenters. The Morgan fingerprint density at radius 3 is 2.44 bits per heavy atom. The van der Waals surface area contributed by atoms with Gasteiger partial charge in [-0.25, -0.2) is 0 Å². The fourth-order valence-corrected chi connectivity index (χ4v) is 3.31. The van der Waals surface area contributed by atoms with E-state index in [2.05, 4.69) is 15.9 Å². The van der Waals surface area contributed by atoms with Crippen LogP contribution in [0.1, 0.15) is 5.56 Å². The largest absolute Gasteiger partial charge is 0.326 e. The summed E-state index contributed by atoms with van der Waals surface area (Å²) in [6.07, 6.45) is 0. The molecular formula is C13H10BrCl2NS. The summed E-state index contributed by atoms with van der Waals surface area (Å²) in [5, 5.41) is 1.13. The second-order valence-electron chi connectivity index (χ2n) is 3.65. The zero-order valence-electron chi connectivity index (χ0n) is 9.29. The van der Waals surface area contributed by atoms with Crippen molar-refractivity contribution in [2.24, 2.45) is 5.73 Å². The lowest BCUT2D eigenvalue weighted by Crippen LogP contribution is -1.95. The molecule has 0 heterocycles. The molecule has 0 aliphatic carbocycles. The van der Waals surface area contributed by atoms with Crippen LogP contribution in [0.15, 0.2) is 50.7 Å². The molecule has 0 aliphatic rings. The minimum absolute atomic E-state index is 0.538. The van der Waals surface area contributed by atoms with Crippen molar-refractivity contribution in [3.05, 3.63) is 56.5 Å². The molecule has 2 rings (SSSR count). The standard InChI is InChI=1S/C13H10BrCl2NS/c14-10-5-8(7-17)1-4-13(10)18-9-2-3-11(15)12(16)6-9/h1-6H,7,17H2. The van der Waals surface area contributed by atoms with Crippen molar-refractivity contribution in [3.63, 3.8) is 0 Å². The molecule has 2 aromatic rings. The quantitative estimate of drug-likeness (QED) is 0.794. The average Bonchev–Trinajstić information content (AvgIpc) is 2.36. The number of benzene rings is 2. The molecule has 0 fully saturated rings. The topological polar surface area (TPSA) is 26.0 Å². The Morgan fingerprint density at radius 2 is 1.83 bits per heavy atom. The van der Waals surface area contributed by atoms with Gasteiger partial charge in [0, 0.05) is 20.8 Å². The molecule has 94 valence electrons. The molecule has 1 nitrogen and oxygen atoms in total. The van der Waals surface area contributed by atoms with Crippen molar-refractivity contribution < 1.29 is 0 Å². The molecule has 0 aromatic heterocycles. The van der Waals surface area contributed by atoms with Gasteiger partial charge in [-0.1, -0.05) is 41.0 Å². The first-order valence-electron chi connectivity index (χ1n) is 5.21. The number of hydrogen-bond donors (Lipinski definition) is 1. The summed E-state index contributed by atoms with van der Waals surface area (Å²) in [7, 11) is 0. The lowest BCUT2D eigenvalue weighted by molar-refractivity contribution is 1.06. The van der Waals surface area contributed by atoms with Crippen LogP contribution in [0.25, 0.3) is 0 Å². The third-order valence-electron chi connectivity index (χ3n) is 2.35. The predicted molar refractivity (Wildman–Crippen MR) is 82.6 cm³/mol. The van der Waals surface area contributed by atoms with E-state index < -0.39 is 0 Å².